The van der Waals surface area contributed by atoms with Crippen LogP contribution in [0, 0.1) is 22.7 Å². The second-order valence-corrected chi connectivity index (χ2v) is 20.8. The van der Waals surface area contributed by atoms with Crippen molar-refractivity contribution in [2.75, 3.05) is 39.6 Å². The van der Waals surface area contributed by atoms with Crippen LogP contribution >= 0.6 is 0 Å². The van der Waals surface area contributed by atoms with Gasteiger partial charge >= 0.3 is 0 Å². The molecule has 430 valence electrons. The minimum atomic E-state index is 0.666. The fourth-order valence-corrected chi connectivity index (χ4v) is 9.34. The molecule has 0 aromatic heterocycles. The van der Waals surface area contributed by atoms with Crippen LogP contribution in [-0.2, 0) is 0 Å². The Labute approximate surface area is 498 Å². The fraction of sp³-hybridized carbons (Fsp3) is 0.297. The van der Waals surface area contributed by atoms with E-state index in [0.717, 1.165) is 169 Å². The molecule has 0 radical (unpaired) electrons. The van der Waals surface area contributed by atoms with Crippen LogP contribution in [0.3, 0.4) is 0 Å². The van der Waals surface area contributed by atoms with E-state index in [9.17, 15) is 0 Å². The Kier molecular flexibility index (Phi) is 25.9. The van der Waals surface area contributed by atoms with Crippen molar-refractivity contribution in [2.24, 2.45) is 9.98 Å². The molecule has 0 fully saturated rings. The Hall–Kier alpha value is -9.12. The minimum absolute atomic E-state index is 0.666. The summed E-state index contributed by atoms with van der Waals surface area (Å²) in [5.74, 6) is 5.25. The van der Waals surface area contributed by atoms with E-state index in [0.29, 0.717) is 50.8 Å². The van der Waals surface area contributed by atoms with Crippen molar-refractivity contribution >= 4 is 23.8 Å². The molecule has 8 aromatic carbocycles. The summed E-state index contributed by atoms with van der Waals surface area (Å²) in [6, 6.07) is 67.9. The van der Waals surface area contributed by atoms with Gasteiger partial charge in [0, 0.05) is 12.4 Å². The molecule has 10 heteroatoms. The van der Waals surface area contributed by atoms with E-state index in [2.05, 4.69) is 46.4 Å². The second-order valence-electron chi connectivity index (χ2n) is 20.8. The van der Waals surface area contributed by atoms with Crippen molar-refractivity contribution in [3.05, 3.63) is 216 Å². The summed E-state index contributed by atoms with van der Waals surface area (Å²) in [6.45, 7) is 4.25. The molecule has 0 amide bonds. The lowest BCUT2D eigenvalue weighted by Gasteiger charge is -2.08. The number of ether oxygens (including phenoxy) is 6. The summed E-state index contributed by atoms with van der Waals surface area (Å²) in [4.78, 5) is 9.31. The van der Waals surface area contributed by atoms with Crippen molar-refractivity contribution in [3.63, 3.8) is 0 Å². The van der Waals surface area contributed by atoms with E-state index in [1.165, 1.54) is 12.8 Å². The van der Waals surface area contributed by atoms with E-state index >= 15 is 0 Å². The number of nitriles is 2. The van der Waals surface area contributed by atoms with Crippen molar-refractivity contribution < 1.29 is 28.4 Å². The number of rotatable bonds is 37. The first-order valence-electron chi connectivity index (χ1n) is 30.0. The van der Waals surface area contributed by atoms with Crippen LogP contribution in [0.25, 0.3) is 22.3 Å². The number of aliphatic imine (C=N–C) groups is 2. The van der Waals surface area contributed by atoms with Gasteiger partial charge in [0.25, 0.3) is 0 Å². The lowest BCUT2D eigenvalue weighted by molar-refractivity contribution is 0.293. The third kappa shape index (κ3) is 22.3. The van der Waals surface area contributed by atoms with Gasteiger partial charge in [-0.25, -0.2) is 0 Å². The summed E-state index contributed by atoms with van der Waals surface area (Å²) < 4.78 is 35.9. The van der Waals surface area contributed by atoms with Crippen LogP contribution in [-0.4, -0.2) is 52.1 Å². The smallest absolute Gasteiger partial charge is 0.119 e. The molecule has 84 heavy (non-hydrogen) atoms. The van der Waals surface area contributed by atoms with Gasteiger partial charge in [-0.2, -0.15) is 10.5 Å². The lowest BCUT2D eigenvalue weighted by Crippen LogP contribution is -1.99. The van der Waals surface area contributed by atoms with E-state index in [1.807, 2.05) is 182 Å². The van der Waals surface area contributed by atoms with Crippen LogP contribution < -0.4 is 28.4 Å². The summed E-state index contributed by atoms with van der Waals surface area (Å²) in [6.07, 6.45) is 21.4. The number of unbranched alkanes of at least 4 members (excludes halogenated alkanes) is 13. The summed E-state index contributed by atoms with van der Waals surface area (Å²) >= 11 is 0. The standard InChI is InChI=1S/C74H78N4O6/c75-55-59-17-25-63(26-18-59)65-29-41-71(42-30-65)81-51-15-9-3-7-13-49-79-69-37-21-61(22-38-69)57-77-67-33-45-73(46-34-67)83-53-11-5-1-2-6-12-54-84-74-47-35-68(36-48-74)78-58-62-23-39-70(40-24-62)80-50-14-8-4-10-16-52-82-72-43-31-66(32-44-72)64-27-19-60(56-76)20-28-64/h17-48,57-58H,1-16,49-54H2. The lowest BCUT2D eigenvalue weighted by atomic mass is 10.0. The zero-order chi connectivity index (χ0) is 57.9. The first-order chi connectivity index (χ1) is 41.5. The minimum Gasteiger partial charge on any atom is -0.494 e. The Morgan fingerprint density at radius 3 is 0.690 bits per heavy atom. The molecule has 0 N–H and O–H groups in total. The third-order valence-corrected chi connectivity index (χ3v) is 14.3. The summed E-state index contributed by atoms with van der Waals surface area (Å²) in [7, 11) is 0. The van der Waals surface area contributed by atoms with Crippen LogP contribution in [0.1, 0.15) is 125 Å². The molecule has 0 unspecified atom stereocenters. The zero-order valence-electron chi connectivity index (χ0n) is 48.4. The maximum Gasteiger partial charge on any atom is 0.119 e. The molecule has 0 bridgehead atoms. The Bertz CT molecular complexity index is 3030. The monoisotopic (exact) mass is 1120 g/mol. The first-order valence-corrected chi connectivity index (χ1v) is 30.0. The van der Waals surface area contributed by atoms with Crippen molar-refractivity contribution in [1.29, 1.82) is 10.5 Å². The topological polar surface area (TPSA) is 128 Å². The predicted molar refractivity (Wildman–Crippen MR) is 340 cm³/mol. The second kappa shape index (κ2) is 35.7. The number of hydrogen-bond acceptors (Lipinski definition) is 10. The normalized spacial score (nSPS) is 11.1. The van der Waals surface area contributed by atoms with E-state index in [1.54, 1.807) is 0 Å². The van der Waals surface area contributed by atoms with E-state index in [-0.39, 0.29) is 0 Å². The molecule has 0 aliphatic rings. The largest absolute Gasteiger partial charge is 0.494 e. The maximum atomic E-state index is 9.02. The Morgan fingerprint density at radius 1 is 0.250 bits per heavy atom. The van der Waals surface area contributed by atoms with E-state index in [4.69, 9.17) is 38.9 Å². The van der Waals surface area contributed by atoms with Crippen molar-refractivity contribution in [3.8, 4) is 68.9 Å². The molecule has 0 spiro atoms. The highest BCUT2D eigenvalue weighted by atomic mass is 16.5. The Morgan fingerprint density at radius 2 is 0.452 bits per heavy atom. The molecular formula is C74H78N4O6. The van der Waals surface area contributed by atoms with Gasteiger partial charge in [-0.3, -0.25) is 9.98 Å². The van der Waals surface area contributed by atoms with Gasteiger partial charge in [-0.15, -0.1) is 0 Å². The van der Waals surface area contributed by atoms with Gasteiger partial charge < -0.3 is 28.4 Å². The van der Waals surface area contributed by atoms with Crippen molar-refractivity contribution in [1.82, 2.24) is 0 Å². The quantitative estimate of drug-likeness (QED) is 0.0278. The highest BCUT2D eigenvalue weighted by Crippen LogP contribution is 2.26. The molecule has 8 rings (SSSR count). The summed E-state index contributed by atoms with van der Waals surface area (Å²) in [5.41, 5.74) is 9.54. The third-order valence-electron chi connectivity index (χ3n) is 14.3. The molecule has 0 aliphatic carbocycles. The molecule has 0 aliphatic heterocycles. The zero-order valence-corrected chi connectivity index (χ0v) is 48.4. The van der Waals surface area contributed by atoms with Gasteiger partial charge in [0.1, 0.15) is 34.5 Å². The molecule has 0 atom stereocenters. The van der Waals surface area contributed by atoms with Crippen LogP contribution in [0.5, 0.6) is 34.5 Å². The van der Waals surface area contributed by atoms with Gasteiger partial charge in [0.15, 0.2) is 0 Å². The van der Waals surface area contributed by atoms with Gasteiger partial charge in [0.2, 0.25) is 0 Å². The SMILES string of the molecule is N#Cc1ccc(-c2ccc(OCCCCCCCOc3ccc(C=Nc4ccc(OCCCCCCCCOc5ccc(N=Cc6ccc(OCCCCCCCOc7ccc(-c8ccc(C#N)cc8)cc7)cc6)cc5)cc4)cc3)cc2)cc1. The fourth-order valence-electron chi connectivity index (χ4n) is 9.34. The van der Waals surface area contributed by atoms with Crippen LogP contribution in [0.15, 0.2) is 204 Å². The van der Waals surface area contributed by atoms with Gasteiger partial charge in [-0.05, 0) is 217 Å². The maximum absolute atomic E-state index is 9.02. The van der Waals surface area contributed by atoms with Gasteiger partial charge in [0.05, 0.1) is 74.3 Å². The van der Waals surface area contributed by atoms with Crippen LogP contribution in [0.4, 0.5) is 11.4 Å². The molecule has 0 heterocycles. The molecule has 8 aromatic rings. The molecule has 0 saturated carbocycles. The van der Waals surface area contributed by atoms with Gasteiger partial charge in [-0.1, -0.05) is 113 Å². The molecular weight excluding hydrogens is 1040 g/mol. The number of nitrogens with zero attached hydrogens (tertiary/aromatic N) is 4. The molecule has 10 nitrogen and oxygen atoms in total. The first kappa shape index (κ1) is 61.0. The number of benzene rings is 8. The Balaban J connectivity index is 0.571. The predicted octanol–water partition coefficient (Wildman–Crippen LogP) is 18.9. The van der Waals surface area contributed by atoms with Crippen molar-refractivity contribution in [2.45, 2.75) is 103 Å². The summed E-state index contributed by atoms with van der Waals surface area (Å²) in [5, 5.41) is 18.0. The average Bonchev–Trinajstić information content (AvgIpc) is 3.67. The average molecular weight is 1120 g/mol. The van der Waals surface area contributed by atoms with Crippen LogP contribution in [0.2, 0.25) is 0 Å². The number of hydrogen-bond donors (Lipinski definition) is 0. The van der Waals surface area contributed by atoms with E-state index < -0.39 is 0 Å². The highest BCUT2D eigenvalue weighted by molar-refractivity contribution is 5.83. The highest BCUT2D eigenvalue weighted by Gasteiger charge is 2.05. The molecule has 0 saturated heterocycles.